The normalized spacial score (nSPS) is 12.3. The van der Waals surface area contributed by atoms with Gasteiger partial charge in [-0.2, -0.15) is 10.2 Å². The van der Waals surface area contributed by atoms with Crippen molar-refractivity contribution in [3.05, 3.63) is 78.0 Å². The molecule has 10 heteroatoms. The smallest absolute Gasteiger partial charge is 0.263 e. The van der Waals surface area contributed by atoms with Crippen molar-refractivity contribution in [3.63, 3.8) is 0 Å². The molecule has 0 aliphatic heterocycles. The zero-order chi connectivity index (χ0) is 24.0. The molecule has 33 heavy (non-hydrogen) atoms. The number of nitrogens with zero attached hydrogens (tertiary/aromatic N) is 3. The quantitative estimate of drug-likeness (QED) is 0.381. The number of hydrogen-bond donors (Lipinski definition) is 2. The van der Waals surface area contributed by atoms with Crippen molar-refractivity contribution in [2.24, 2.45) is 10.2 Å². The molecule has 1 unspecified atom stereocenters. The van der Waals surface area contributed by atoms with Crippen LogP contribution in [0.1, 0.15) is 18.1 Å². The van der Waals surface area contributed by atoms with Gasteiger partial charge < -0.3 is 5.32 Å². The van der Waals surface area contributed by atoms with E-state index in [2.05, 4.69) is 25.3 Å². The van der Waals surface area contributed by atoms with E-state index in [9.17, 15) is 18.0 Å². The van der Waals surface area contributed by atoms with Crippen molar-refractivity contribution in [1.82, 2.24) is 4.98 Å². The second kappa shape index (κ2) is 10.1. The minimum atomic E-state index is -3.83. The molecule has 0 radical (unpaired) electrons. The Morgan fingerprint density at radius 3 is 2.21 bits per heavy atom. The van der Waals surface area contributed by atoms with Crippen LogP contribution in [0.5, 0.6) is 0 Å². The van der Waals surface area contributed by atoms with Crippen LogP contribution in [0, 0.1) is 13.8 Å². The van der Waals surface area contributed by atoms with Gasteiger partial charge in [-0.15, -0.1) is 0 Å². The number of ketones is 1. The zero-order valence-electron chi connectivity index (χ0n) is 18.3. The van der Waals surface area contributed by atoms with Crippen molar-refractivity contribution in [3.8, 4) is 0 Å². The molecule has 2 aromatic carbocycles. The summed E-state index contributed by atoms with van der Waals surface area (Å²) in [6.45, 7) is 5.06. The molecule has 3 aromatic rings. The van der Waals surface area contributed by atoms with Crippen LogP contribution in [0.4, 0.5) is 17.2 Å². The number of aryl methyl sites for hydroxylation is 2. The fourth-order valence-corrected chi connectivity index (χ4v) is 4.02. The number of carbonyl (C=O) groups is 2. The largest absolute Gasteiger partial charge is 0.324 e. The minimum Gasteiger partial charge on any atom is -0.324 e. The standard InChI is InChI=1S/C23H23N5O4S/c1-15-12-16(2)14-19(13-15)25-23(30)22(17(3)29)27-26-18-7-9-20(10-8-18)33(31,32)28-21-6-4-5-11-24-21/h4-14,22H,1-3H3,(H,24,28)(H,25,30). The summed E-state index contributed by atoms with van der Waals surface area (Å²) < 4.78 is 27.3. The number of pyridine rings is 1. The Kier molecular flexibility index (Phi) is 7.29. The van der Waals surface area contributed by atoms with E-state index in [1.165, 1.54) is 43.5 Å². The lowest BCUT2D eigenvalue weighted by atomic mass is 10.1. The molecule has 170 valence electrons. The van der Waals surface area contributed by atoms with Gasteiger partial charge in [-0.3, -0.25) is 14.3 Å². The van der Waals surface area contributed by atoms with Gasteiger partial charge in [0.05, 0.1) is 10.6 Å². The molecule has 0 aliphatic carbocycles. The maximum Gasteiger partial charge on any atom is 0.263 e. The molecule has 9 nitrogen and oxygen atoms in total. The molecule has 1 heterocycles. The fraction of sp³-hybridized carbons (Fsp3) is 0.174. The van der Waals surface area contributed by atoms with Gasteiger partial charge in [-0.05, 0) is 80.4 Å². The van der Waals surface area contributed by atoms with Gasteiger partial charge in [-0.1, -0.05) is 12.1 Å². The second-order valence-electron chi connectivity index (χ2n) is 7.41. The van der Waals surface area contributed by atoms with Gasteiger partial charge in [0, 0.05) is 11.9 Å². The number of benzene rings is 2. The molecular weight excluding hydrogens is 442 g/mol. The van der Waals surface area contributed by atoms with E-state index in [1.54, 1.807) is 24.3 Å². The number of carbonyl (C=O) groups excluding carboxylic acids is 2. The number of rotatable bonds is 8. The summed E-state index contributed by atoms with van der Waals surface area (Å²) in [5.41, 5.74) is 2.80. The van der Waals surface area contributed by atoms with Gasteiger partial charge in [-0.25, -0.2) is 13.4 Å². The van der Waals surface area contributed by atoms with Gasteiger partial charge in [0.15, 0.2) is 5.78 Å². The van der Waals surface area contributed by atoms with Crippen LogP contribution in [0.3, 0.4) is 0 Å². The summed E-state index contributed by atoms with van der Waals surface area (Å²) in [6, 6.07) is 14.6. The Balaban J connectivity index is 1.72. The summed E-state index contributed by atoms with van der Waals surface area (Å²) in [4.78, 5) is 28.5. The Morgan fingerprint density at radius 1 is 0.970 bits per heavy atom. The van der Waals surface area contributed by atoms with Crippen LogP contribution in [0.15, 0.2) is 82.0 Å². The third-order valence-corrected chi connectivity index (χ3v) is 5.83. The van der Waals surface area contributed by atoms with E-state index >= 15 is 0 Å². The van der Waals surface area contributed by atoms with Crippen molar-refractivity contribution < 1.29 is 18.0 Å². The number of hydrogen-bond acceptors (Lipinski definition) is 7. The molecule has 0 bridgehead atoms. The highest BCUT2D eigenvalue weighted by molar-refractivity contribution is 7.92. The summed E-state index contributed by atoms with van der Waals surface area (Å²) in [5, 5.41) is 10.5. The highest BCUT2D eigenvalue weighted by Gasteiger charge is 2.23. The predicted octanol–water partition coefficient (Wildman–Crippen LogP) is 4.18. The molecule has 3 rings (SSSR count). The third-order valence-electron chi connectivity index (χ3n) is 4.46. The summed E-state index contributed by atoms with van der Waals surface area (Å²) in [5.74, 6) is -0.880. The SMILES string of the molecule is CC(=O)C(N=Nc1ccc(S(=O)(=O)Nc2ccccn2)cc1)C(=O)Nc1cc(C)cc(C)c1. The lowest BCUT2D eigenvalue weighted by molar-refractivity contribution is -0.126. The van der Waals surface area contributed by atoms with Crippen LogP contribution in [0.25, 0.3) is 0 Å². The van der Waals surface area contributed by atoms with E-state index in [0.717, 1.165) is 11.1 Å². The van der Waals surface area contributed by atoms with E-state index in [4.69, 9.17) is 0 Å². The summed E-state index contributed by atoms with van der Waals surface area (Å²) >= 11 is 0. The fourth-order valence-electron chi connectivity index (χ4n) is 3.01. The van der Waals surface area contributed by atoms with Crippen LogP contribution >= 0.6 is 0 Å². The van der Waals surface area contributed by atoms with Crippen LogP contribution in [-0.4, -0.2) is 31.1 Å². The average Bonchev–Trinajstić information content (AvgIpc) is 2.73. The Morgan fingerprint density at radius 2 is 1.64 bits per heavy atom. The first-order valence-corrected chi connectivity index (χ1v) is 11.5. The first-order chi connectivity index (χ1) is 15.6. The topological polar surface area (TPSA) is 130 Å². The number of nitrogens with one attached hydrogen (secondary N) is 2. The highest BCUT2D eigenvalue weighted by atomic mass is 32.2. The zero-order valence-corrected chi connectivity index (χ0v) is 19.1. The molecule has 0 saturated heterocycles. The molecule has 1 amide bonds. The van der Waals surface area contributed by atoms with Crippen molar-refractivity contribution in [2.45, 2.75) is 31.7 Å². The molecule has 1 aromatic heterocycles. The first kappa shape index (κ1) is 23.7. The van der Waals surface area contributed by atoms with Gasteiger partial charge in [0.1, 0.15) is 5.82 Å². The Bertz CT molecular complexity index is 1270. The maximum absolute atomic E-state index is 12.6. The van der Waals surface area contributed by atoms with Crippen molar-refractivity contribution in [2.75, 3.05) is 10.0 Å². The number of anilines is 2. The summed E-state index contributed by atoms with van der Waals surface area (Å²) in [7, 11) is -3.83. The average molecular weight is 466 g/mol. The van der Waals surface area contributed by atoms with Crippen LogP contribution in [0.2, 0.25) is 0 Å². The molecule has 0 spiro atoms. The van der Waals surface area contributed by atoms with Crippen LogP contribution in [-0.2, 0) is 19.6 Å². The third kappa shape index (κ3) is 6.53. The van der Waals surface area contributed by atoms with E-state index in [0.29, 0.717) is 5.69 Å². The predicted molar refractivity (Wildman–Crippen MR) is 125 cm³/mol. The number of amides is 1. The second-order valence-corrected chi connectivity index (χ2v) is 9.09. The van der Waals surface area contributed by atoms with E-state index in [-0.39, 0.29) is 16.4 Å². The molecular formula is C23H23N5O4S. The molecule has 2 N–H and O–H groups in total. The number of aromatic nitrogens is 1. The first-order valence-electron chi connectivity index (χ1n) is 9.98. The highest BCUT2D eigenvalue weighted by Crippen LogP contribution is 2.20. The monoisotopic (exact) mass is 465 g/mol. The molecule has 0 fully saturated rings. The maximum atomic E-state index is 12.6. The van der Waals surface area contributed by atoms with Crippen LogP contribution < -0.4 is 10.0 Å². The minimum absolute atomic E-state index is 0.00258. The molecule has 0 aliphatic rings. The van der Waals surface area contributed by atoms with Gasteiger partial charge in [0.25, 0.3) is 15.9 Å². The van der Waals surface area contributed by atoms with Gasteiger partial charge >= 0.3 is 0 Å². The molecule has 0 saturated carbocycles. The Labute approximate surface area is 192 Å². The number of azo groups is 1. The lowest BCUT2D eigenvalue weighted by Crippen LogP contribution is -2.31. The van der Waals surface area contributed by atoms with E-state index in [1.807, 2.05) is 19.9 Å². The summed E-state index contributed by atoms with van der Waals surface area (Å²) in [6.07, 6.45) is 1.48. The van der Waals surface area contributed by atoms with Crippen molar-refractivity contribution in [1.29, 1.82) is 0 Å². The van der Waals surface area contributed by atoms with E-state index < -0.39 is 27.8 Å². The number of Topliss-reactive ketones (excluding diaryl/α,β-unsaturated/α-hetero) is 1. The number of sulfonamides is 1. The Hall–Kier alpha value is -3.92. The van der Waals surface area contributed by atoms with Gasteiger partial charge in [0.2, 0.25) is 6.04 Å². The lowest BCUT2D eigenvalue weighted by Gasteiger charge is -2.11. The van der Waals surface area contributed by atoms with Crippen molar-refractivity contribution >= 4 is 38.9 Å². The molecule has 1 atom stereocenters.